The van der Waals surface area contributed by atoms with Gasteiger partial charge in [0.1, 0.15) is 22.1 Å². The number of piperazine rings is 1. The van der Waals surface area contributed by atoms with Crippen molar-refractivity contribution in [2.75, 3.05) is 45.2 Å². The molecule has 2 fully saturated rings. The molecule has 1 N–H and O–H groups in total. The summed E-state index contributed by atoms with van der Waals surface area (Å²) in [6, 6.07) is 1.84. The van der Waals surface area contributed by atoms with Gasteiger partial charge in [0.25, 0.3) is 5.56 Å². The second-order valence-corrected chi connectivity index (χ2v) is 10.6. The second kappa shape index (κ2) is 9.58. The normalized spacial score (nSPS) is 20.3. The van der Waals surface area contributed by atoms with E-state index in [1.165, 1.54) is 0 Å². The fourth-order valence-corrected chi connectivity index (χ4v) is 4.81. The van der Waals surface area contributed by atoms with Gasteiger partial charge in [-0.25, -0.2) is 4.79 Å². The van der Waals surface area contributed by atoms with E-state index >= 15 is 0 Å². The average Bonchev–Trinajstić information content (AvgIpc) is 3.00. The molecule has 10 nitrogen and oxygen atoms in total. The predicted molar refractivity (Wildman–Crippen MR) is 131 cm³/mol. The largest absolute Gasteiger partial charge is 0.463 e. The maximum absolute atomic E-state index is 12.8. The van der Waals surface area contributed by atoms with Crippen LogP contribution >= 0.6 is 11.6 Å². The van der Waals surface area contributed by atoms with Gasteiger partial charge in [-0.2, -0.15) is 9.97 Å². The molecule has 2 unspecified atom stereocenters. The summed E-state index contributed by atoms with van der Waals surface area (Å²) in [5.41, 5.74) is -0.703. The van der Waals surface area contributed by atoms with Crippen LogP contribution in [0.4, 0.5) is 10.6 Å². The van der Waals surface area contributed by atoms with Crippen molar-refractivity contribution < 1.29 is 14.3 Å². The van der Waals surface area contributed by atoms with Crippen LogP contribution in [-0.4, -0.2) is 88.9 Å². The van der Waals surface area contributed by atoms with Gasteiger partial charge in [-0.05, 0) is 60.2 Å². The summed E-state index contributed by atoms with van der Waals surface area (Å²) in [6.45, 7) is 8.07. The molecule has 2 aliphatic rings. The Hall–Kier alpha value is -2.59. The van der Waals surface area contributed by atoms with E-state index < -0.39 is 5.60 Å². The van der Waals surface area contributed by atoms with E-state index in [2.05, 4.69) is 24.8 Å². The van der Waals surface area contributed by atoms with Crippen molar-refractivity contribution in [3.8, 4) is 6.01 Å². The summed E-state index contributed by atoms with van der Waals surface area (Å²) in [6.07, 6.45) is 2.30. The smallest absolute Gasteiger partial charge is 0.410 e. The van der Waals surface area contributed by atoms with Crippen molar-refractivity contribution in [2.24, 2.45) is 0 Å². The van der Waals surface area contributed by atoms with Gasteiger partial charge < -0.3 is 24.3 Å². The molecule has 0 aromatic carbocycles. The number of carbonyl (C=O) groups is 1. The second-order valence-electron chi connectivity index (χ2n) is 10.2. The first-order valence-corrected chi connectivity index (χ1v) is 12.0. The highest BCUT2D eigenvalue weighted by molar-refractivity contribution is 6.30. The first-order valence-electron chi connectivity index (χ1n) is 11.7. The topological polar surface area (TPSA) is 104 Å². The van der Waals surface area contributed by atoms with Gasteiger partial charge >= 0.3 is 12.1 Å². The molecule has 0 spiro atoms. The molecule has 0 aliphatic carbocycles. The Bertz CT molecular complexity index is 1100. The lowest BCUT2D eigenvalue weighted by molar-refractivity contribution is 0.0123. The number of fused-ring (bicyclic) bond motifs is 3. The fourth-order valence-electron chi connectivity index (χ4n) is 4.61. The minimum Gasteiger partial charge on any atom is -0.463 e. The van der Waals surface area contributed by atoms with Crippen molar-refractivity contribution in [1.82, 2.24) is 24.8 Å². The van der Waals surface area contributed by atoms with Gasteiger partial charge in [0.05, 0.1) is 24.1 Å². The lowest BCUT2D eigenvalue weighted by Crippen LogP contribution is -2.57. The van der Waals surface area contributed by atoms with Crippen LogP contribution in [0.2, 0.25) is 5.15 Å². The summed E-state index contributed by atoms with van der Waals surface area (Å²) in [4.78, 5) is 43.2. The molecule has 4 heterocycles. The zero-order valence-electron chi connectivity index (χ0n) is 20.4. The van der Waals surface area contributed by atoms with E-state index in [0.29, 0.717) is 30.9 Å². The summed E-state index contributed by atoms with van der Waals surface area (Å²) < 4.78 is 11.5. The lowest BCUT2D eigenvalue weighted by atomic mass is 10.1. The molecule has 2 aromatic rings. The molecule has 2 saturated heterocycles. The van der Waals surface area contributed by atoms with Crippen molar-refractivity contribution in [2.45, 2.75) is 57.7 Å². The zero-order chi connectivity index (χ0) is 24.6. The predicted octanol–water partition coefficient (Wildman–Crippen LogP) is 2.89. The number of halogens is 1. The highest BCUT2D eigenvalue weighted by Gasteiger charge is 2.45. The molecule has 1 amide bonds. The zero-order valence-corrected chi connectivity index (χ0v) is 21.2. The molecule has 4 rings (SSSR count). The van der Waals surface area contributed by atoms with Gasteiger partial charge in [0.15, 0.2) is 0 Å². The van der Waals surface area contributed by atoms with Crippen LogP contribution in [0, 0.1) is 0 Å². The number of hydrogen-bond acceptors (Lipinski definition) is 8. The fraction of sp³-hybridized carbons (Fsp3) is 0.652. The number of amides is 1. The number of ether oxygens (including phenoxy) is 2. The van der Waals surface area contributed by atoms with E-state index in [1.54, 1.807) is 6.07 Å². The number of aromatic nitrogens is 3. The number of anilines is 1. The van der Waals surface area contributed by atoms with Gasteiger partial charge in [-0.15, -0.1) is 0 Å². The summed E-state index contributed by atoms with van der Waals surface area (Å²) in [7, 11) is 4.00. The van der Waals surface area contributed by atoms with Gasteiger partial charge in [-0.1, -0.05) is 11.6 Å². The molecule has 0 radical (unpaired) electrons. The Balaban J connectivity index is 1.62. The van der Waals surface area contributed by atoms with Crippen LogP contribution in [0.15, 0.2) is 10.9 Å². The summed E-state index contributed by atoms with van der Waals surface area (Å²) in [5.74, 6) is 0.598. The Labute approximate surface area is 204 Å². The highest BCUT2D eigenvalue weighted by atomic mass is 35.5. The van der Waals surface area contributed by atoms with Crippen molar-refractivity contribution >= 4 is 34.4 Å². The Morgan fingerprint density at radius 1 is 1.24 bits per heavy atom. The quantitative estimate of drug-likeness (QED) is 0.485. The molecule has 2 atom stereocenters. The minimum atomic E-state index is -0.548. The third-order valence-electron chi connectivity index (χ3n) is 5.99. The van der Waals surface area contributed by atoms with Gasteiger partial charge in [0, 0.05) is 19.6 Å². The first-order chi connectivity index (χ1) is 16.0. The van der Waals surface area contributed by atoms with E-state index in [0.717, 1.165) is 25.8 Å². The number of pyridine rings is 1. The maximum Gasteiger partial charge on any atom is 0.410 e. The molecule has 186 valence electrons. The average molecular weight is 493 g/mol. The number of rotatable bonds is 6. The van der Waals surface area contributed by atoms with Crippen LogP contribution < -0.4 is 15.2 Å². The number of nitrogens with one attached hydrogen (secondary N) is 1. The molecule has 34 heavy (non-hydrogen) atoms. The van der Waals surface area contributed by atoms with E-state index in [4.69, 9.17) is 21.1 Å². The third kappa shape index (κ3) is 5.38. The van der Waals surface area contributed by atoms with E-state index in [-0.39, 0.29) is 40.4 Å². The van der Waals surface area contributed by atoms with Crippen molar-refractivity contribution in [3.05, 3.63) is 21.6 Å². The molecule has 2 bridgehead atoms. The molecule has 2 aliphatic heterocycles. The molecule has 0 saturated carbocycles. The molecular formula is C23H33ClN6O4. The van der Waals surface area contributed by atoms with Crippen molar-refractivity contribution in [3.63, 3.8) is 0 Å². The van der Waals surface area contributed by atoms with Gasteiger partial charge in [0.2, 0.25) is 0 Å². The van der Waals surface area contributed by atoms with Crippen LogP contribution in [0.1, 0.15) is 40.0 Å². The molecule has 11 heteroatoms. The van der Waals surface area contributed by atoms with Crippen LogP contribution in [0.3, 0.4) is 0 Å². The Morgan fingerprint density at radius 3 is 2.53 bits per heavy atom. The number of carbonyl (C=O) groups excluding carboxylic acids is 1. The van der Waals surface area contributed by atoms with E-state index in [9.17, 15) is 9.59 Å². The minimum absolute atomic E-state index is 0.000503. The first kappa shape index (κ1) is 24.5. The van der Waals surface area contributed by atoms with Crippen LogP contribution in [-0.2, 0) is 4.74 Å². The monoisotopic (exact) mass is 492 g/mol. The Morgan fingerprint density at radius 2 is 1.91 bits per heavy atom. The van der Waals surface area contributed by atoms with Crippen LogP contribution in [0.25, 0.3) is 10.9 Å². The number of nitrogens with zero attached hydrogens (tertiary/aromatic N) is 5. The highest BCUT2D eigenvalue weighted by Crippen LogP contribution is 2.36. The standard InChI is InChI=1S/C23H33ClN6O4/c1-23(2,3)34-22(32)30-14-7-8-15(30)13-29(12-14)19-16-11-17(24)25-20(31)18(16)26-21(27-19)33-10-6-9-28(4)5/h11,14-15H,6-10,12-13H2,1-5H3,(H,25,31). The SMILES string of the molecule is CN(C)CCCOc1nc(N2CC3CCC(C2)N3C(=O)OC(C)(C)C)c2cc(Cl)[nH]c(=O)c2n1. The third-order valence-corrected chi connectivity index (χ3v) is 6.19. The lowest BCUT2D eigenvalue weighted by Gasteiger charge is -2.42. The molecular weight excluding hydrogens is 460 g/mol. The number of aromatic amines is 1. The van der Waals surface area contributed by atoms with Crippen LogP contribution in [0.5, 0.6) is 6.01 Å². The van der Waals surface area contributed by atoms with Gasteiger partial charge in [-0.3, -0.25) is 9.69 Å². The maximum atomic E-state index is 12.8. The number of H-pyrrole nitrogens is 1. The Kier molecular flexibility index (Phi) is 6.91. The number of hydrogen-bond donors (Lipinski definition) is 1. The van der Waals surface area contributed by atoms with Crippen molar-refractivity contribution in [1.29, 1.82) is 0 Å². The van der Waals surface area contributed by atoms with E-state index in [1.807, 2.05) is 39.8 Å². The molecule has 2 aromatic heterocycles. The summed E-state index contributed by atoms with van der Waals surface area (Å²) in [5, 5.41) is 0.789. The summed E-state index contributed by atoms with van der Waals surface area (Å²) >= 11 is 6.17.